The Kier molecular flexibility index (Phi) is 4.42. The van der Waals surface area contributed by atoms with Crippen molar-refractivity contribution in [3.63, 3.8) is 0 Å². The normalized spacial score (nSPS) is 11.2. The van der Waals surface area contributed by atoms with Gasteiger partial charge in [0.1, 0.15) is 10.5 Å². The molecule has 0 N–H and O–H groups in total. The van der Waals surface area contributed by atoms with Crippen molar-refractivity contribution in [1.29, 1.82) is 0 Å². The molecule has 0 atom stereocenters. The molecule has 21 heavy (non-hydrogen) atoms. The molecule has 0 saturated heterocycles. The van der Waals surface area contributed by atoms with Crippen LogP contribution in [0.1, 0.15) is 0 Å². The molecule has 0 fully saturated rings. The van der Waals surface area contributed by atoms with Crippen LogP contribution in [0.15, 0.2) is 45.7 Å². The summed E-state index contributed by atoms with van der Waals surface area (Å²) in [7, 11) is 0. The zero-order valence-electron chi connectivity index (χ0n) is 11.9. The van der Waals surface area contributed by atoms with Crippen molar-refractivity contribution in [2.24, 2.45) is 0 Å². The molecule has 1 aromatic carbocycles. The van der Waals surface area contributed by atoms with Crippen molar-refractivity contribution in [1.82, 2.24) is 19.5 Å². The second-order valence-corrected chi connectivity index (χ2v) is 6.50. The van der Waals surface area contributed by atoms with Gasteiger partial charge in [0.05, 0.1) is 0 Å². The molecule has 0 saturated carbocycles. The van der Waals surface area contributed by atoms with Gasteiger partial charge in [0.25, 0.3) is 0 Å². The van der Waals surface area contributed by atoms with E-state index in [-0.39, 0.29) is 0 Å². The van der Waals surface area contributed by atoms with Crippen molar-refractivity contribution in [3.8, 4) is 5.69 Å². The SMILES string of the molecule is CSc1nc(SC)c2nc(SC)n(-c3ccccc3)c2n1. The topological polar surface area (TPSA) is 43.6 Å². The monoisotopic (exact) mass is 334 g/mol. The zero-order chi connectivity index (χ0) is 14.8. The lowest BCUT2D eigenvalue weighted by molar-refractivity contribution is 0.887. The molecule has 2 aromatic heterocycles. The molecule has 0 unspecified atom stereocenters. The Morgan fingerprint density at radius 1 is 0.857 bits per heavy atom. The lowest BCUT2D eigenvalue weighted by atomic mass is 10.3. The third-order valence-electron chi connectivity index (χ3n) is 3.00. The van der Waals surface area contributed by atoms with Crippen molar-refractivity contribution >= 4 is 46.4 Å². The Labute approximate surface area is 136 Å². The van der Waals surface area contributed by atoms with E-state index in [1.54, 1.807) is 35.3 Å². The van der Waals surface area contributed by atoms with Gasteiger partial charge in [0, 0.05) is 5.69 Å². The average molecular weight is 334 g/mol. The average Bonchev–Trinajstić information content (AvgIpc) is 2.93. The molecule has 0 aliphatic rings. The van der Waals surface area contributed by atoms with E-state index in [4.69, 9.17) is 4.98 Å². The largest absolute Gasteiger partial charge is 0.271 e. The molecule has 3 rings (SSSR count). The van der Waals surface area contributed by atoms with Crippen LogP contribution in [0.5, 0.6) is 0 Å². The lowest BCUT2D eigenvalue weighted by Crippen LogP contribution is -1.99. The summed E-state index contributed by atoms with van der Waals surface area (Å²) >= 11 is 4.77. The van der Waals surface area contributed by atoms with Crippen molar-refractivity contribution in [3.05, 3.63) is 30.3 Å². The number of hydrogen-bond donors (Lipinski definition) is 0. The van der Waals surface area contributed by atoms with Gasteiger partial charge >= 0.3 is 0 Å². The first-order valence-electron chi connectivity index (χ1n) is 6.26. The number of benzene rings is 1. The van der Waals surface area contributed by atoms with Gasteiger partial charge < -0.3 is 0 Å². The molecule has 7 heteroatoms. The van der Waals surface area contributed by atoms with Crippen molar-refractivity contribution < 1.29 is 0 Å². The minimum atomic E-state index is 0.775. The summed E-state index contributed by atoms with van der Waals surface area (Å²) in [6, 6.07) is 10.2. The predicted octanol–water partition coefficient (Wildman–Crippen LogP) is 3.98. The van der Waals surface area contributed by atoms with Gasteiger partial charge in [0.15, 0.2) is 16.0 Å². The molecule has 0 spiro atoms. The quantitative estimate of drug-likeness (QED) is 0.408. The number of aromatic nitrogens is 4. The molecular formula is C14H14N4S3. The smallest absolute Gasteiger partial charge is 0.190 e. The van der Waals surface area contributed by atoms with Crippen LogP contribution in [0, 0.1) is 0 Å². The summed E-state index contributed by atoms with van der Waals surface area (Å²) < 4.78 is 2.10. The molecule has 0 amide bonds. The van der Waals surface area contributed by atoms with E-state index in [0.717, 1.165) is 32.2 Å². The second-order valence-electron chi connectivity index (χ2n) is 4.16. The van der Waals surface area contributed by atoms with Crippen LogP contribution in [-0.4, -0.2) is 38.3 Å². The first kappa shape index (κ1) is 14.7. The van der Waals surface area contributed by atoms with E-state index in [0.29, 0.717) is 0 Å². The Balaban J connectivity index is 2.36. The van der Waals surface area contributed by atoms with Gasteiger partial charge in [-0.25, -0.2) is 15.0 Å². The standard InChI is InChI=1S/C14H14N4S3/c1-19-12-10-11(16-13(17-12)20-2)18(14(15-10)21-3)9-7-5-4-6-8-9/h4-8H,1-3H3. The molecule has 108 valence electrons. The third kappa shape index (κ3) is 2.65. The fourth-order valence-corrected chi connectivity index (χ4v) is 3.56. The maximum Gasteiger partial charge on any atom is 0.190 e. The van der Waals surface area contributed by atoms with Crippen LogP contribution < -0.4 is 0 Å². The first-order chi connectivity index (χ1) is 10.3. The van der Waals surface area contributed by atoms with Gasteiger partial charge in [-0.3, -0.25) is 4.57 Å². The number of rotatable bonds is 4. The van der Waals surface area contributed by atoms with Gasteiger partial charge in [-0.05, 0) is 30.9 Å². The maximum atomic E-state index is 4.72. The van der Waals surface area contributed by atoms with E-state index < -0.39 is 0 Å². The van der Waals surface area contributed by atoms with E-state index >= 15 is 0 Å². The minimum Gasteiger partial charge on any atom is -0.271 e. The van der Waals surface area contributed by atoms with Crippen LogP contribution in [0.25, 0.3) is 16.9 Å². The predicted molar refractivity (Wildman–Crippen MR) is 92.0 cm³/mol. The van der Waals surface area contributed by atoms with Crippen molar-refractivity contribution in [2.75, 3.05) is 18.8 Å². The van der Waals surface area contributed by atoms with Crippen molar-refractivity contribution in [2.45, 2.75) is 15.3 Å². The third-order valence-corrected chi connectivity index (χ3v) is 4.85. The van der Waals surface area contributed by atoms with Gasteiger partial charge in [-0.1, -0.05) is 41.7 Å². The fourth-order valence-electron chi connectivity index (χ4n) is 2.07. The highest BCUT2D eigenvalue weighted by atomic mass is 32.2. The summed E-state index contributed by atoms with van der Waals surface area (Å²) in [4.78, 5) is 13.9. The number of fused-ring (bicyclic) bond motifs is 1. The number of thioether (sulfide) groups is 3. The highest BCUT2D eigenvalue weighted by Crippen LogP contribution is 2.31. The minimum absolute atomic E-state index is 0.775. The maximum absolute atomic E-state index is 4.72. The molecule has 0 aliphatic carbocycles. The number of hydrogen-bond acceptors (Lipinski definition) is 6. The Bertz CT molecular complexity index is 771. The second kappa shape index (κ2) is 6.29. The molecule has 0 bridgehead atoms. The van der Waals surface area contributed by atoms with Crippen LogP contribution >= 0.6 is 35.3 Å². The Morgan fingerprint density at radius 2 is 1.62 bits per heavy atom. The molecule has 0 aliphatic heterocycles. The summed E-state index contributed by atoms with van der Waals surface area (Å²) in [6.45, 7) is 0. The number of imidazole rings is 1. The highest BCUT2D eigenvalue weighted by molar-refractivity contribution is 7.99. The van der Waals surface area contributed by atoms with Gasteiger partial charge in [-0.15, -0.1) is 11.8 Å². The van der Waals surface area contributed by atoms with Crippen LogP contribution in [0.3, 0.4) is 0 Å². The molecule has 0 radical (unpaired) electrons. The molecular weight excluding hydrogens is 320 g/mol. The molecule has 2 heterocycles. The zero-order valence-corrected chi connectivity index (χ0v) is 14.3. The number of para-hydroxylation sites is 1. The van der Waals surface area contributed by atoms with Crippen LogP contribution in [0.4, 0.5) is 0 Å². The van der Waals surface area contributed by atoms with Crippen LogP contribution in [0.2, 0.25) is 0 Å². The summed E-state index contributed by atoms with van der Waals surface area (Å²) in [5, 5.41) is 2.63. The lowest BCUT2D eigenvalue weighted by Gasteiger charge is -2.07. The Hall–Kier alpha value is -1.18. The fraction of sp³-hybridized carbons (Fsp3) is 0.214. The van der Waals surface area contributed by atoms with E-state index in [1.165, 1.54) is 0 Å². The first-order valence-corrected chi connectivity index (χ1v) is 9.93. The molecule has 4 nitrogen and oxygen atoms in total. The summed E-state index contributed by atoms with van der Waals surface area (Å²) in [6.07, 6.45) is 6.04. The van der Waals surface area contributed by atoms with Gasteiger partial charge in [-0.2, -0.15) is 0 Å². The van der Waals surface area contributed by atoms with E-state index in [1.807, 2.05) is 37.0 Å². The van der Waals surface area contributed by atoms with Crippen LogP contribution in [-0.2, 0) is 0 Å². The Morgan fingerprint density at radius 3 is 2.24 bits per heavy atom. The summed E-state index contributed by atoms with van der Waals surface area (Å²) in [5.41, 5.74) is 2.81. The number of nitrogens with zero attached hydrogens (tertiary/aromatic N) is 4. The highest BCUT2D eigenvalue weighted by Gasteiger charge is 2.18. The van der Waals surface area contributed by atoms with E-state index in [2.05, 4.69) is 26.7 Å². The van der Waals surface area contributed by atoms with E-state index in [9.17, 15) is 0 Å². The van der Waals surface area contributed by atoms with Gasteiger partial charge in [0.2, 0.25) is 0 Å². The summed E-state index contributed by atoms with van der Waals surface area (Å²) in [5.74, 6) is 0. The molecule has 3 aromatic rings.